The van der Waals surface area contributed by atoms with E-state index in [4.69, 9.17) is 11.6 Å². The van der Waals surface area contributed by atoms with Crippen LogP contribution in [0.4, 0.5) is 5.13 Å². The first kappa shape index (κ1) is 12.1. The standard InChI is InChI=1S/C12H8ClN3O2S/c13-5-7-6-19-12(14-7)15-16-10(17)8-3-1-2-4-9(8)11(16)18/h1-4,6H,5H2,(H,14,15). The number of anilines is 1. The van der Waals surface area contributed by atoms with Crippen molar-refractivity contribution in [2.24, 2.45) is 0 Å². The van der Waals surface area contributed by atoms with Gasteiger partial charge in [-0.3, -0.25) is 15.0 Å². The Morgan fingerprint density at radius 1 is 1.21 bits per heavy atom. The van der Waals surface area contributed by atoms with Crippen LogP contribution in [-0.4, -0.2) is 21.8 Å². The summed E-state index contributed by atoms with van der Waals surface area (Å²) in [7, 11) is 0. The number of fused-ring (bicyclic) bond motifs is 1. The molecule has 1 aromatic carbocycles. The molecule has 2 aromatic rings. The second kappa shape index (κ2) is 4.64. The fourth-order valence-electron chi connectivity index (χ4n) is 1.81. The minimum Gasteiger partial charge on any atom is -0.267 e. The van der Waals surface area contributed by atoms with Crippen molar-refractivity contribution in [1.82, 2.24) is 9.99 Å². The monoisotopic (exact) mass is 293 g/mol. The molecular formula is C12H8ClN3O2S. The lowest BCUT2D eigenvalue weighted by molar-refractivity contribution is 0.0691. The van der Waals surface area contributed by atoms with E-state index in [-0.39, 0.29) is 11.8 Å². The Kier molecular flexibility index (Phi) is 2.96. The first-order valence-corrected chi connectivity index (χ1v) is 6.87. The van der Waals surface area contributed by atoms with Gasteiger partial charge in [0.2, 0.25) is 5.13 Å². The third kappa shape index (κ3) is 1.98. The molecule has 0 aliphatic carbocycles. The van der Waals surface area contributed by atoms with Crippen molar-refractivity contribution in [3.8, 4) is 0 Å². The molecule has 5 nitrogen and oxygen atoms in total. The van der Waals surface area contributed by atoms with Crippen molar-refractivity contribution in [2.45, 2.75) is 5.88 Å². The van der Waals surface area contributed by atoms with E-state index in [1.807, 2.05) is 0 Å². The van der Waals surface area contributed by atoms with E-state index in [2.05, 4.69) is 10.4 Å². The summed E-state index contributed by atoms with van der Waals surface area (Å²) in [4.78, 5) is 28.3. The zero-order chi connectivity index (χ0) is 13.4. The molecule has 1 aliphatic rings. The number of hydrogen-bond acceptors (Lipinski definition) is 5. The molecule has 2 amide bonds. The maximum Gasteiger partial charge on any atom is 0.280 e. The lowest BCUT2D eigenvalue weighted by atomic mass is 10.1. The number of imide groups is 1. The van der Waals surface area contributed by atoms with E-state index < -0.39 is 0 Å². The van der Waals surface area contributed by atoms with Gasteiger partial charge >= 0.3 is 0 Å². The van der Waals surface area contributed by atoms with E-state index in [0.717, 1.165) is 5.01 Å². The fraction of sp³-hybridized carbons (Fsp3) is 0.0833. The van der Waals surface area contributed by atoms with Gasteiger partial charge in [-0.15, -0.1) is 22.9 Å². The number of carbonyl (C=O) groups is 2. The van der Waals surface area contributed by atoms with Gasteiger partial charge in [0.25, 0.3) is 11.8 Å². The van der Waals surface area contributed by atoms with Gasteiger partial charge < -0.3 is 0 Å². The van der Waals surface area contributed by atoms with Crippen LogP contribution in [0.1, 0.15) is 26.4 Å². The number of benzene rings is 1. The Morgan fingerprint density at radius 2 is 1.84 bits per heavy atom. The van der Waals surface area contributed by atoms with Crippen LogP contribution >= 0.6 is 22.9 Å². The molecule has 1 N–H and O–H groups in total. The summed E-state index contributed by atoms with van der Waals surface area (Å²) < 4.78 is 0. The highest BCUT2D eigenvalue weighted by atomic mass is 35.5. The number of alkyl halides is 1. The Balaban J connectivity index is 1.88. The molecule has 2 heterocycles. The molecule has 0 fully saturated rings. The number of hydrogen-bond donors (Lipinski definition) is 1. The number of thiazole rings is 1. The second-order valence-electron chi connectivity index (χ2n) is 3.88. The Morgan fingerprint density at radius 3 is 2.37 bits per heavy atom. The van der Waals surface area contributed by atoms with Crippen LogP contribution in [-0.2, 0) is 5.88 Å². The molecule has 0 saturated heterocycles. The first-order valence-electron chi connectivity index (χ1n) is 5.45. The van der Waals surface area contributed by atoms with Gasteiger partial charge in [-0.25, -0.2) is 4.98 Å². The van der Waals surface area contributed by atoms with E-state index in [1.54, 1.807) is 29.6 Å². The number of nitrogens with one attached hydrogen (secondary N) is 1. The Hall–Kier alpha value is -1.92. The largest absolute Gasteiger partial charge is 0.280 e. The maximum atomic E-state index is 12.1. The third-order valence-electron chi connectivity index (χ3n) is 2.69. The van der Waals surface area contributed by atoms with Gasteiger partial charge in [0, 0.05) is 5.38 Å². The van der Waals surface area contributed by atoms with Gasteiger partial charge in [-0.1, -0.05) is 12.1 Å². The Bertz CT molecular complexity index is 635. The molecule has 1 aromatic heterocycles. The number of hydrazine groups is 1. The number of halogens is 1. The Labute approximate surface area is 117 Å². The van der Waals surface area contributed by atoms with E-state index in [0.29, 0.717) is 27.8 Å². The second-order valence-corrected chi connectivity index (χ2v) is 5.01. The highest BCUT2D eigenvalue weighted by Crippen LogP contribution is 2.24. The van der Waals surface area contributed by atoms with Gasteiger partial charge in [-0.2, -0.15) is 5.01 Å². The van der Waals surface area contributed by atoms with Crippen molar-refractivity contribution in [1.29, 1.82) is 0 Å². The quantitative estimate of drug-likeness (QED) is 0.698. The number of rotatable bonds is 3. The summed E-state index contributed by atoms with van der Waals surface area (Å²) in [5, 5.41) is 3.21. The summed E-state index contributed by atoms with van der Waals surface area (Å²) in [6.45, 7) is 0. The molecular weight excluding hydrogens is 286 g/mol. The molecule has 0 radical (unpaired) electrons. The summed E-state index contributed by atoms with van der Waals surface area (Å²) in [5.41, 5.74) is 4.22. The minimum absolute atomic E-state index is 0.292. The van der Waals surface area contributed by atoms with E-state index >= 15 is 0 Å². The van der Waals surface area contributed by atoms with Crippen molar-refractivity contribution < 1.29 is 9.59 Å². The molecule has 0 spiro atoms. The van der Waals surface area contributed by atoms with Gasteiger partial charge in [0.15, 0.2) is 0 Å². The predicted octanol–water partition coefficient (Wildman–Crippen LogP) is 2.51. The molecule has 0 bridgehead atoms. The van der Waals surface area contributed by atoms with E-state index in [9.17, 15) is 9.59 Å². The average molecular weight is 294 g/mol. The summed E-state index contributed by atoms with van der Waals surface area (Å²) in [6.07, 6.45) is 0. The van der Waals surface area contributed by atoms with Crippen LogP contribution in [0.25, 0.3) is 0 Å². The average Bonchev–Trinajstić information content (AvgIpc) is 2.99. The lowest BCUT2D eigenvalue weighted by Gasteiger charge is -2.13. The van der Waals surface area contributed by atoms with Crippen LogP contribution in [0.15, 0.2) is 29.6 Å². The number of carbonyl (C=O) groups excluding carboxylic acids is 2. The zero-order valence-electron chi connectivity index (χ0n) is 9.59. The normalized spacial score (nSPS) is 13.8. The molecule has 3 rings (SSSR count). The SMILES string of the molecule is O=C1c2ccccc2C(=O)N1Nc1nc(CCl)cs1. The van der Waals surface area contributed by atoms with Crippen LogP contribution < -0.4 is 5.43 Å². The topological polar surface area (TPSA) is 62.3 Å². The van der Waals surface area contributed by atoms with Crippen molar-refractivity contribution in [3.63, 3.8) is 0 Å². The number of nitrogens with zero attached hydrogens (tertiary/aromatic N) is 2. The summed E-state index contributed by atoms with van der Waals surface area (Å²) >= 11 is 6.95. The number of amides is 2. The molecule has 0 saturated carbocycles. The van der Waals surface area contributed by atoms with Crippen LogP contribution in [0.3, 0.4) is 0 Å². The highest BCUT2D eigenvalue weighted by molar-refractivity contribution is 7.13. The van der Waals surface area contributed by atoms with Gasteiger partial charge in [0.1, 0.15) is 0 Å². The van der Waals surface area contributed by atoms with E-state index in [1.165, 1.54) is 11.3 Å². The minimum atomic E-state index is -0.372. The highest BCUT2D eigenvalue weighted by Gasteiger charge is 2.35. The molecule has 19 heavy (non-hydrogen) atoms. The smallest absolute Gasteiger partial charge is 0.267 e. The van der Waals surface area contributed by atoms with Crippen LogP contribution in [0.5, 0.6) is 0 Å². The zero-order valence-corrected chi connectivity index (χ0v) is 11.2. The number of aromatic nitrogens is 1. The molecule has 1 aliphatic heterocycles. The summed E-state index contributed by atoms with van der Waals surface area (Å²) in [5.74, 6) is -0.452. The van der Waals surface area contributed by atoms with Crippen molar-refractivity contribution in [2.75, 3.05) is 5.43 Å². The van der Waals surface area contributed by atoms with Gasteiger partial charge in [0.05, 0.1) is 22.7 Å². The molecule has 0 atom stereocenters. The summed E-state index contributed by atoms with van der Waals surface area (Å²) in [6, 6.07) is 6.71. The van der Waals surface area contributed by atoms with Crippen LogP contribution in [0.2, 0.25) is 0 Å². The maximum absolute atomic E-state index is 12.1. The predicted molar refractivity (Wildman–Crippen MR) is 72.2 cm³/mol. The lowest BCUT2D eigenvalue weighted by Crippen LogP contribution is -2.35. The van der Waals surface area contributed by atoms with Gasteiger partial charge in [-0.05, 0) is 12.1 Å². The fourth-order valence-corrected chi connectivity index (χ4v) is 2.73. The van der Waals surface area contributed by atoms with Crippen LogP contribution in [0, 0.1) is 0 Å². The molecule has 7 heteroatoms. The van der Waals surface area contributed by atoms with Crippen molar-refractivity contribution >= 4 is 39.9 Å². The third-order valence-corrected chi connectivity index (χ3v) is 3.76. The molecule has 0 unspecified atom stereocenters. The molecule has 96 valence electrons. The first-order chi connectivity index (χ1) is 9.20. The van der Waals surface area contributed by atoms with Crippen molar-refractivity contribution in [3.05, 3.63) is 46.5 Å².